The van der Waals surface area contributed by atoms with Crippen LogP contribution in [-0.2, 0) is 0 Å². The van der Waals surface area contributed by atoms with Gasteiger partial charge < -0.3 is 14.9 Å². The lowest BCUT2D eigenvalue weighted by Crippen LogP contribution is -2.21. The van der Waals surface area contributed by atoms with Gasteiger partial charge in [-0.05, 0) is 18.1 Å². The fourth-order valence-corrected chi connectivity index (χ4v) is 2.71. The SMILES string of the molecule is CC(C)COc1ccccc1-c1ccccc1-n1cc(O)c(=O)c(C(=O)O)n1. The number of para-hydroxylation sites is 2. The third-order valence-corrected chi connectivity index (χ3v) is 4.00. The predicted octanol–water partition coefficient (Wildman–Crippen LogP) is 3.34. The van der Waals surface area contributed by atoms with Crippen molar-refractivity contribution in [2.45, 2.75) is 13.8 Å². The zero-order valence-corrected chi connectivity index (χ0v) is 15.5. The van der Waals surface area contributed by atoms with E-state index in [1.165, 1.54) is 4.68 Å². The van der Waals surface area contributed by atoms with Crippen LogP contribution in [0.25, 0.3) is 16.8 Å². The van der Waals surface area contributed by atoms with Crippen molar-refractivity contribution in [1.29, 1.82) is 0 Å². The van der Waals surface area contributed by atoms with Gasteiger partial charge in [-0.3, -0.25) is 4.79 Å². The van der Waals surface area contributed by atoms with Crippen LogP contribution in [0.1, 0.15) is 24.3 Å². The highest BCUT2D eigenvalue weighted by Crippen LogP contribution is 2.34. The summed E-state index contributed by atoms with van der Waals surface area (Å²) in [4.78, 5) is 23.1. The molecule has 0 radical (unpaired) electrons. The number of hydrogen-bond donors (Lipinski definition) is 2. The van der Waals surface area contributed by atoms with Crippen molar-refractivity contribution >= 4 is 5.97 Å². The van der Waals surface area contributed by atoms with Gasteiger partial charge in [-0.15, -0.1) is 0 Å². The molecule has 2 aromatic carbocycles. The lowest BCUT2D eigenvalue weighted by molar-refractivity contribution is 0.0686. The summed E-state index contributed by atoms with van der Waals surface area (Å²) in [5.41, 5.74) is 0.228. The van der Waals surface area contributed by atoms with Gasteiger partial charge in [-0.1, -0.05) is 50.2 Å². The average molecular weight is 380 g/mol. The molecule has 0 amide bonds. The van der Waals surface area contributed by atoms with E-state index in [1.54, 1.807) is 12.1 Å². The third kappa shape index (κ3) is 3.88. The summed E-state index contributed by atoms with van der Waals surface area (Å²) in [7, 11) is 0. The van der Waals surface area contributed by atoms with Crippen molar-refractivity contribution in [3.8, 4) is 28.3 Å². The van der Waals surface area contributed by atoms with Crippen molar-refractivity contribution in [2.24, 2.45) is 5.92 Å². The number of aromatic nitrogens is 2. The molecule has 0 atom stereocenters. The quantitative estimate of drug-likeness (QED) is 0.680. The highest BCUT2D eigenvalue weighted by Gasteiger charge is 2.18. The fourth-order valence-electron chi connectivity index (χ4n) is 2.71. The van der Waals surface area contributed by atoms with Gasteiger partial charge in [0.2, 0.25) is 5.69 Å². The number of carboxylic acids is 1. The van der Waals surface area contributed by atoms with Crippen LogP contribution in [0, 0.1) is 5.92 Å². The summed E-state index contributed by atoms with van der Waals surface area (Å²) in [6.45, 7) is 4.65. The maximum atomic E-state index is 11.8. The van der Waals surface area contributed by atoms with Crippen LogP contribution in [0.5, 0.6) is 11.5 Å². The summed E-state index contributed by atoms with van der Waals surface area (Å²) < 4.78 is 7.11. The largest absolute Gasteiger partial charge is 0.503 e. The Kier molecular flexibility index (Phi) is 5.44. The molecule has 28 heavy (non-hydrogen) atoms. The standard InChI is InChI=1S/C21H20N2O5/c1-13(2)12-28-18-10-6-4-8-15(18)14-7-3-5-9-16(14)23-11-17(24)20(25)19(22-23)21(26)27/h3-11,13,24H,12H2,1-2H3,(H,26,27). The van der Waals surface area contributed by atoms with Gasteiger partial charge in [-0.25, -0.2) is 9.48 Å². The second-order valence-electron chi connectivity index (χ2n) is 6.66. The van der Waals surface area contributed by atoms with E-state index in [0.717, 1.165) is 11.8 Å². The number of aromatic carboxylic acids is 1. The second kappa shape index (κ2) is 7.96. The molecule has 0 spiro atoms. The van der Waals surface area contributed by atoms with Gasteiger partial charge in [0.1, 0.15) is 5.75 Å². The van der Waals surface area contributed by atoms with Crippen LogP contribution in [0.2, 0.25) is 0 Å². The summed E-state index contributed by atoms with van der Waals surface area (Å²) in [6.07, 6.45) is 1.10. The summed E-state index contributed by atoms with van der Waals surface area (Å²) in [5.74, 6) is -1.18. The number of ether oxygens (including phenoxy) is 1. The molecule has 3 rings (SSSR count). The Morgan fingerprint density at radius 2 is 1.75 bits per heavy atom. The van der Waals surface area contributed by atoms with E-state index in [-0.39, 0.29) is 0 Å². The van der Waals surface area contributed by atoms with Crippen molar-refractivity contribution in [3.63, 3.8) is 0 Å². The predicted molar refractivity (Wildman–Crippen MR) is 104 cm³/mol. The monoisotopic (exact) mass is 380 g/mol. The minimum Gasteiger partial charge on any atom is -0.503 e. The molecule has 1 aromatic heterocycles. The van der Waals surface area contributed by atoms with E-state index >= 15 is 0 Å². The van der Waals surface area contributed by atoms with Crippen molar-refractivity contribution < 1.29 is 19.7 Å². The van der Waals surface area contributed by atoms with E-state index in [2.05, 4.69) is 18.9 Å². The van der Waals surface area contributed by atoms with Crippen LogP contribution >= 0.6 is 0 Å². The molecule has 0 fully saturated rings. The topological polar surface area (TPSA) is 102 Å². The number of benzene rings is 2. The minimum atomic E-state index is -1.51. The zero-order chi connectivity index (χ0) is 20.3. The first-order valence-electron chi connectivity index (χ1n) is 8.76. The Morgan fingerprint density at radius 3 is 2.43 bits per heavy atom. The summed E-state index contributed by atoms with van der Waals surface area (Å²) in [6, 6.07) is 14.6. The Bertz CT molecular complexity index is 1070. The molecule has 7 heteroatoms. The highest BCUT2D eigenvalue weighted by atomic mass is 16.5. The molecule has 7 nitrogen and oxygen atoms in total. The normalized spacial score (nSPS) is 10.8. The van der Waals surface area contributed by atoms with Crippen LogP contribution in [-0.4, -0.2) is 32.6 Å². The fraction of sp³-hybridized carbons (Fsp3) is 0.190. The molecule has 0 aliphatic carbocycles. The van der Waals surface area contributed by atoms with Crippen molar-refractivity contribution in [1.82, 2.24) is 9.78 Å². The molecule has 0 saturated heterocycles. The molecule has 0 saturated carbocycles. The smallest absolute Gasteiger partial charge is 0.360 e. The second-order valence-corrected chi connectivity index (χ2v) is 6.66. The number of carbonyl (C=O) groups is 1. The maximum absolute atomic E-state index is 11.8. The molecule has 144 valence electrons. The number of nitrogens with zero attached hydrogens (tertiary/aromatic N) is 2. The Hall–Kier alpha value is -3.61. The number of rotatable bonds is 6. The van der Waals surface area contributed by atoms with Gasteiger partial charge in [-0.2, -0.15) is 5.10 Å². The minimum absolute atomic E-state index is 0.346. The Morgan fingerprint density at radius 1 is 1.11 bits per heavy atom. The molecule has 0 bridgehead atoms. The first-order valence-corrected chi connectivity index (χ1v) is 8.76. The van der Waals surface area contributed by atoms with Crippen LogP contribution < -0.4 is 10.2 Å². The third-order valence-electron chi connectivity index (χ3n) is 4.00. The molecule has 0 unspecified atom stereocenters. The van der Waals surface area contributed by atoms with Gasteiger partial charge in [0, 0.05) is 11.1 Å². The lowest BCUT2D eigenvalue weighted by atomic mass is 10.0. The van der Waals surface area contributed by atoms with Gasteiger partial charge in [0.25, 0.3) is 5.43 Å². The lowest BCUT2D eigenvalue weighted by Gasteiger charge is -2.16. The van der Waals surface area contributed by atoms with E-state index in [4.69, 9.17) is 4.74 Å². The van der Waals surface area contributed by atoms with Crippen LogP contribution in [0.3, 0.4) is 0 Å². The van der Waals surface area contributed by atoms with Gasteiger partial charge in [0.05, 0.1) is 18.5 Å². The zero-order valence-electron chi connectivity index (χ0n) is 15.5. The van der Waals surface area contributed by atoms with Gasteiger partial charge in [0.15, 0.2) is 5.75 Å². The maximum Gasteiger partial charge on any atom is 0.360 e. The number of carboxylic acid groups (broad SMARTS) is 1. The molecular weight excluding hydrogens is 360 g/mol. The van der Waals surface area contributed by atoms with Crippen molar-refractivity contribution in [2.75, 3.05) is 6.61 Å². The number of hydrogen-bond acceptors (Lipinski definition) is 5. The molecule has 2 N–H and O–H groups in total. The molecular formula is C21H20N2O5. The van der Waals surface area contributed by atoms with E-state index < -0.39 is 22.8 Å². The Balaban J connectivity index is 2.17. The van der Waals surface area contributed by atoms with E-state index in [9.17, 15) is 19.8 Å². The average Bonchev–Trinajstić information content (AvgIpc) is 2.68. The first-order chi connectivity index (χ1) is 13.4. The molecule has 0 aliphatic heterocycles. The van der Waals surface area contributed by atoms with Crippen LogP contribution in [0.4, 0.5) is 0 Å². The summed E-state index contributed by atoms with van der Waals surface area (Å²) >= 11 is 0. The van der Waals surface area contributed by atoms with Crippen molar-refractivity contribution in [3.05, 3.63) is 70.6 Å². The van der Waals surface area contributed by atoms with Gasteiger partial charge >= 0.3 is 5.97 Å². The highest BCUT2D eigenvalue weighted by molar-refractivity contribution is 5.85. The van der Waals surface area contributed by atoms with E-state index in [1.807, 2.05) is 36.4 Å². The number of aromatic hydroxyl groups is 1. The molecule has 1 heterocycles. The summed E-state index contributed by atoms with van der Waals surface area (Å²) in [5, 5.41) is 23.0. The van der Waals surface area contributed by atoms with Crippen LogP contribution in [0.15, 0.2) is 59.5 Å². The Labute approximate surface area is 161 Å². The first kappa shape index (κ1) is 19.2. The van der Waals surface area contributed by atoms with E-state index in [0.29, 0.717) is 29.5 Å². The molecule has 0 aliphatic rings. The molecule has 3 aromatic rings.